The topological polar surface area (TPSA) is 87.4 Å². The number of urea groups is 1. The molecule has 1 heterocycles. The molecule has 0 aliphatic rings. The highest BCUT2D eigenvalue weighted by Gasteiger charge is 2.20. The molecule has 0 fully saturated rings. The predicted molar refractivity (Wildman–Crippen MR) is 92.4 cm³/mol. The standard InChI is InChI=1S/C18H25N3O3/c1-13(21-17(23)20-12-18(2,3)9-10-22)16-19-11-15(24-16)14-7-5-4-6-8-14/h4-8,11,13,22H,9-10,12H2,1-3H3,(H2,20,21,23). The molecule has 0 saturated heterocycles. The first-order valence-electron chi connectivity index (χ1n) is 8.08. The molecule has 1 aromatic heterocycles. The Bertz CT molecular complexity index is 653. The van der Waals surface area contributed by atoms with Crippen LogP contribution in [-0.2, 0) is 0 Å². The van der Waals surface area contributed by atoms with E-state index in [1.807, 2.05) is 51.1 Å². The fraction of sp³-hybridized carbons (Fsp3) is 0.444. The highest BCUT2D eigenvalue weighted by atomic mass is 16.4. The van der Waals surface area contributed by atoms with Crippen molar-refractivity contribution in [2.24, 2.45) is 5.41 Å². The summed E-state index contributed by atoms with van der Waals surface area (Å²) in [6, 6.07) is 9.06. The third-order valence-corrected chi connectivity index (χ3v) is 3.82. The molecular formula is C18H25N3O3. The van der Waals surface area contributed by atoms with Crippen molar-refractivity contribution in [1.29, 1.82) is 0 Å². The van der Waals surface area contributed by atoms with Crippen molar-refractivity contribution in [2.75, 3.05) is 13.2 Å². The zero-order chi connectivity index (χ0) is 17.6. The molecule has 2 aromatic rings. The number of aliphatic hydroxyl groups excluding tert-OH is 1. The predicted octanol–water partition coefficient (Wildman–Crippen LogP) is 3.11. The Kier molecular flexibility index (Phi) is 5.98. The number of benzene rings is 1. The third kappa shape index (κ3) is 5.09. The maximum Gasteiger partial charge on any atom is 0.315 e. The smallest absolute Gasteiger partial charge is 0.315 e. The fourth-order valence-electron chi connectivity index (χ4n) is 2.24. The van der Waals surface area contributed by atoms with Gasteiger partial charge in [-0.25, -0.2) is 9.78 Å². The van der Waals surface area contributed by atoms with Crippen LogP contribution in [0.1, 0.15) is 39.1 Å². The largest absolute Gasteiger partial charge is 0.438 e. The van der Waals surface area contributed by atoms with Gasteiger partial charge in [-0.2, -0.15) is 0 Å². The van der Waals surface area contributed by atoms with Crippen LogP contribution in [0.15, 0.2) is 40.9 Å². The van der Waals surface area contributed by atoms with E-state index in [4.69, 9.17) is 9.52 Å². The lowest BCUT2D eigenvalue weighted by molar-refractivity contribution is 0.200. The Labute approximate surface area is 142 Å². The summed E-state index contributed by atoms with van der Waals surface area (Å²) in [5.74, 6) is 1.13. The Balaban J connectivity index is 1.89. The number of carbonyl (C=O) groups is 1. The molecule has 1 unspecified atom stereocenters. The van der Waals surface area contributed by atoms with Crippen molar-refractivity contribution in [3.63, 3.8) is 0 Å². The van der Waals surface area contributed by atoms with Gasteiger partial charge in [0.2, 0.25) is 5.89 Å². The first kappa shape index (κ1) is 18.0. The lowest BCUT2D eigenvalue weighted by Crippen LogP contribution is -2.41. The maximum atomic E-state index is 12.0. The van der Waals surface area contributed by atoms with Crippen molar-refractivity contribution < 1.29 is 14.3 Å². The minimum atomic E-state index is -0.344. The Hall–Kier alpha value is -2.34. The zero-order valence-corrected chi connectivity index (χ0v) is 14.4. The summed E-state index contributed by atoms with van der Waals surface area (Å²) in [4.78, 5) is 16.2. The minimum Gasteiger partial charge on any atom is -0.438 e. The van der Waals surface area contributed by atoms with Crippen LogP contribution in [0.25, 0.3) is 11.3 Å². The third-order valence-electron chi connectivity index (χ3n) is 3.82. The summed E-state index contributed by atoms with van der Waals surface area (Å²) < 4.78 is 5.73. The molecule has 2 rings (SSSR count). The first-order chi connectivity index (χ1) is 11.4. The van der Waals surface area contributed by atoms with Gasteiger partial charge in [0.1, 0.15) is 6.04 Å². The number of carbonyl (C=O) groups excluding carboxylic acids is 1. The molecule has 1 aromatic carbocycles. The van der Waals surface area contributed by atoms with Gasteiger partial charge < -0.3 is 20.2 Å². The molecular weight excluding hydrogens is 306 g/mol. The van der Waals surface area contributed by atoms with Crippen molar-refractivity contribution in [3.8, 4) is 11.3 Å². The monoisotopic (exact) mass is 331 g/mol. The average molecular weight is 331 g/mol. The van der Waals surface area contributed by atoms with E-state index >= 15 is 0 Å². The van der Waals surface area contributed by atoms with Gasteiger partial charge >= 0.3 is 6.03 Å². The van der Waals surface area contributed by atoms with E-state index in [9.17, 15) is 4.79 Å². The lowest BCUT2D eigenvalue weighted by atomic mass is 9.90. The fourth-order valence-corrected chi connectivity index (χ4v) is 2.24. The summed E-state index contributed by atoms with van der Waals surface area (Å²) in [6.45, 7) is 6.39. The number of rotatable bonds is 7. The molecule has 0 aliphatic carbocycles. The Morgan fingerprint density at radius 2 is 2.04 bits per heavy atom. The average Bonchev–Trinajstić information content (AvgIpc) is 3.04. The maximum absolute atomic E-state index is 12.0. The molecule has 24 heavy (non-hydrogen) atoms. The Morgan fingerprint density at radius 3 is 2.71 bits per heavy atom. The van der Waals surface area contributed by atoms with E-state index < -0.39 is 0 Å². The summed E-state index contributed by atoms with van der Waals surface area (Å²) in [6.07, 6.45) is 2.29. The molecule has 0 saturated carbocycles. The van der Waals surface area contributed by atoms with E-state index in [-0.39, 0.29) is 24.1 Å². The molecule has 0 spiro atoms. The van der Waals surface area contributed by atoms with E-state index in [1.165, 1.54) is 0 Å². The number of hydrogen-bond acceptors (Lipinski definition) is 4. The molecule has 0 bridgehead atoms. The molecule has 6 heteroatoms. The molecule has 2 amide bonds. The normalized spacial score (nSPS) is 12.7. The summed E-state index contributed by atoms with van der Waals surface area (Å²) >= 11 is 0. The van der Waals surface area contributed by atoms with E-state index in [0.29, 0.717) is 24.6 Å². The second-order valence-electron chi connectivity index (χ2n) is 6.62. The lowest BCUT2D eigenvalue weighted by Gasteiger charge is -2.24. The van der Waals surface area contributed by atoms with Gasteiger partial charge in [0, 0.05) is 18.7 Å². The van der Waals surface area contributed by atoms with E-state index in [0.717, 1.165) is 5.56 Å². The number of aliphatic hydroxyl groups is 1. The van der Waals surface area contributed by atoms with Crippen molar-refractivity contribution >= 4 is 6.03 Å². The second-order valence-corrected chi connectivity index (χ2v) is 6.62. The molecule has 0 aliphatic heterocycles. The van der Waals surface area contributed by atoms with Crippen LogP contribution in [0.2, 0.25) is 0 Å². The van der Waals surface area contributed by atoms with Crippen LogP contribution >= 0.6 is 0 Å². The van der Waals surface area contributed by atoms with Crippen LogP contribution in [-0.4, -0.2) is 29.3 Å². The summed E-state index contributed by atoms with van der Waals surface area (Å²) in [5, 5.41) is 14.6. The number of hydrogen-bond donors (Lipinski definition) is 3. The van der Waals surface area contributed by atoms with Gasteiger partial charge in [0.05, 0.1) is 6.20 Å². The number of aromatic nitrogens is 1. The summed E-state index contributed by atoms with van der Waals surface area (Å²) in [5.41, 5.74) is 0.789. The van der Waals surface area contributed by atoms with Gasteiger partial charge in [0.25, 0.3) is 0 Å². The SMILES string of the molecule is CC(NC(=O)NCC(C)(C)CCO)c1ncc(-c2ccccc2)o1. The molecule has 0 radical (unpaired) electrons. The van der Waals surface area contributed by atoms with Gasteiger partial charge in [-0.3, -0.25) is 0 Å². The van der Waals surface area contributed by atoms with Gasteiger partial charge in [0.15, 0.2) is 5.76 Å². The van der Waals surface area contributed by atoms with Crippen LogP contribution in [0, 0.1) is 5.41 Å². The van der Waals surface area contributed by atoms with Crippen LogP contribution in [0.4, 0.5) is 4.79 Å². The van der Waals surface area contributed by atoms with Crippen LogP contribution in [0.3, 0.4) is 0 Å². The van der Waals surface area contributed by atoms with Crippen molar-refractivity contribution in [2.45, 2.75) is 33.2 Å². The van der Waals surface area contributed by atoms with Crippen LogP contribution in [0.5, 0.6) is 0 Å². The zero-order valence-electron chi connectivity index (χ0n) is 14.4. The number of nitrogens with zero attached hydrogens (tertiary/aromatic N) is 1. The van der Waals surface area contributed by atoms with E-state index in [1.54, 1.807) is 6.20 Å². The highest BCUT2D eigenvalue weighted by Crippen LogP contribution is 2.22. The number of amides is 2. The number of oxazole rings is 1. The molecule has 130 valence electrons. The second kappa shape index (κ2) is 7.97. The highest BCUT2D eigenvalue weighted by molar-refractivity contribution is 5.74. The van der Waals surface area contributed by atoms with E-state index in [2.05, 4.69) is 15.6 Å². The van der Waals surface area contributed by atoms with Gasteiger partial charge in [-0.1, -0.05) is 44.2 Å². The molecule has 3 N–H and O–H groups in total. The Morgan fingerprint density at radius 1 is 1.33 bits per heavy atom. The molecule has 1 atom stereocenters. The number of nitrogens with one attached hydrogen (secondary N) is 2. The molecule has 6 nitrogen and oxygen atoms in total. The van der Waals surface area contributed by atoms with Gasteiger partial charge in [-0.05, 0) is 18.8 Å². The van der Waals surface area contributed by atoms with Crippen molar-refractivity contribution in [3.05, 3.63) is 42.4 Å². The van der Waals surface area contributed by atoms with Crippen LogP contribution < -0.4 is 10.6 Å². The summed E-state index contributed by atoms with van der Waals surface area (Å²) in [7, 11) is 0. The minimum absolute atomic E-state index is 0.102. The first-order valence-corrected chi connectivity index (χ1v) is 8.08. The van der Waals surface area contributed by atoms with Crippen molar-refractivity contribution in [1.82, 2.24) is 15.6 Å². The van der Waals surface area contributed by atoms with Gasteiger partial charge in [-0.15, -0.1) is 0 Å². The quantitative estimate of drug-likeness (QED) is 0.727.